The molecule has 0 bridgehead atoms. The minimum atomic E-state index is -4.85. The Balaban J connectivity index is 1.60. The zero-order chi connectivity index (χ0) is 29.0. The van der Waals surface area contributed by atoms with Crippen LogP contribution in [0.25, 0.3) is 0 Å². The van der Waals surface area contributed by atoms with Gasteiger partial charge in [0.1, 0.15) is 11.4 Å². The summed E-state index contributed by atoms with van der Waals surface area (Å²) in [5.74, 6) is 5.72. The first-order chi connectivity index (χ1) is 18.8. The molecular weight excluding hydrogens is 536 g/mol. The summed E-state index contributed by atoms with van der Waals surface area (Å²) in [6.45, 7) is -0.144. The van der Waals surface area contributed by atoms with Gasteiger partial charge < -0.3 is 26.8 Å². The zero-order valence-corrected chi connectivity index (χ0v) is 21.4. The van der Waals surface area contributed by atoms with Crippen LogP contribution in [0.2, 0.25) is 0 Å². The summed E-state index contributed by atoms with van der Waals surface area (Å²) in [5, 5.41) is 6.03. The van der Waals surface area contributed by atoms with Gasteiger partial charge in [-0.1, -0.05) is 36.1 Å². The number of para-hydroxylation sites is 1. The number of alkyl halides is 6. The molecule has 6 nitrogen and oxygen atoms in total. The Morgan fingerprint density at radius 2 is 1.70 bits per heavy atom. The Hall–Kier alpha value is -3.69. The Morgan fingerprint density at radius 3 is 2.40 bits per heavy atom. The lowest BCUT2D eigenvalue weighted by Crippen LogP contribution is -2.63. The molecule has 0 saturated heterocycles. The van der Waals surface area contributed by atoms with Crippen LogP contribution in [0.3, 0.4) is 0 Å². The summed E-state index contributed by atoms with van der Waals surface area (Å²) < 4.78 is 81.9. The molecule has 2 aromatic rings. The number of hydrogen-bond acceptors (Lipinski definition) is 4. The molecule has 1 aliphatic carbocycles. The predicted molar refractivity (Wildman–Crippen MR) is 138 cm³/mol. The smallest absolute Gasteiger partial charge is 0.405 e. The van der Waals surface area contributed by atoms with Crippen molar-refractivity contribution in [3.8, 4) is 17.6 Å². The highest BCUT2D eigenvalue weighted by atomic mass is 19.4. The molecule has 1 aliphatic heterocycles. The molecular formula is C28H29F6N5O. The first-order valence-electron chi connectivity index (χ1n) is 12.7. The van der Waals surface area contributed by atoms with Gasteiger partial charge in [-0.15, -0.1) is 13.2 Å². The van der Waals surface area contributed by atoms with Gasteiger partial charge in [-0.25, -0.2) is 4.99 Å². The fourth-order valence-electron chi connectivity index (χ4n) is 4.76. The van der Waals surface area contributed by atoms with Crippen molar-refractivity contribution >= 4 is 5.96 Å². The van der Waals surface area contributed by atoms with E-state index in [0.717, 1.165) is 37.8 Å². The maximum Gasteiger partial charge on any atom is 0.573 e. The van der Waals surface area contributed by atoms with Crippen molar-refractivity contribution in [2.45, 2.75) is 62.9 Å². The van der Waals surface area contributed by atoms with Crippen LogP contribution in [0.15, 0.2) is 65.3 Å². The highest BCUT2D eigenvalue weighted by Gasteiger charge is 2.37. The van der Waals surface area contributed by atoms with Gasteiger partial charge >= 0.3 is 12.5 Å². The van der Waals surface area contributed by atoms with Gasteiger partial charge in [-0.05, 0) is 62.3 Å². The van der Waals surface area contributed by atoms with Crippen molar-refractivity contribution in [3.05, 3.63) is 77.0 Å². The number of ether oxygens (including phenoxy) is 1. The molecule has 1 fully saturated rings. The van der Waals surface area contributed by atoms with Crippen molar-refractivity contribution in [2.75, 3.05) is 0 Å². The maximum atomic E-state index is 13.1. The first-order valence-corrected chi connectivity index (χ1v) is 12.7. The molecule has 0 spiro atoms. The third kappa shape index (κ3) is 7.92. The Morgan fingerprint density at radius 1 is 0.975 bits per heavy atom. The number of guanidine groups is 1. The number of hydrogen-bond donors (Lipinski definition) is 4. The molecule has 1 saturated carbocycles. The number of benzene rings is 2. The van der Waals surface area contributed by atoms with Crippen molar-refractivity contribution in [1.82, 2.24) is 10.6 Å². The molecule has 2 aromatic carbocycles. The SMILES string of the molecule is NC1CCC(CC2(N)NC(=NCc3ccccc3OC(F)(F)F)NC=C2C#Cc2cccc(C(F)(F)F)c2)CC1. The number of nitrogens with zero attached hydrogens (tertiary/aromatic N) is 1. The summed E-state index contributed by atoms with van der Waals surface area (Å²) in [7, 11) is 0. The van der Waals surface area contributed by atoms with Gasteiger partial charge in [0.2, 0.25) is 0 Å². The van der Waals surface area contributed by atoms with Crippen LogP contribution in [-0.2, 0) is 12.7 Å². The maximum absolute atomic E-state index is 13.1. The van der Waals surface area contributed by atoms with E-state index in [0.29, 0.717) is 12.0 Å². The topological polar surface area (TPSA) is 97.7 Å². The Labute approximate surface area is 227 Å². The molecule has 1 atom stereocenters. The molecule has 0 amide bonds. The third-order valence-corrected chi connectivity index (χ3v) is 6.81. The second-order valence-corrected chi connectivity index (χ2v) is 9.93. The van der Waals surface area contributed by atoms with E-state index in [9.17, 15) is 26.3 Å². The predicted octanol–water partition coefficient (Wildman–Crippen LogP) is 5.15. The zero-order valence-electron chi connectivity index (χ0n) is 21.4. The highest BCUT2D eigenvalue weighted by molar-refractivity contribution is 5.84. The number of halogens is 6. The summed E-state index contributed by atoms with van der Waals surface area (Å²) in [6, 6.07) is 10.5. The van der Waals surface area contributed by atoms with Crippen molar-refractivity contribution < 1.29 is 31.1 Å². The molecule has 0 radical (unpaired) electrons. The number of nitrogens with one attached hydrogen (secondary N) is 2. The van der Waals surface area contributed by atoms with Gasteiger partial charge in [0.25, 0.3) is 0 Å². The van der Waals surface area contributed by atoms with E-state index < -0.39 is 23.8 Å². The Kier molecular flexibility index (Phi) is 8.65. The standard InChI is InChI=1S/C28H29F6N5O/c29-27(30,31)21-6-3-4-18(14-21)8-11-22-17-38-25(39-26(22,36)15-19-9-12-23(35)13-10-19)37-16-20-5-1-2-7-24(20)40-28(32,33)34/h1-7,14,17,19,23H,9-10,12-13,15-16,35-36H2,(H2,37,38,39). The molecule has 6 N–H and O–H groups in total. The minimum absolute atomic E-state index is 0.123. The monoisotopic (exact) mass is 565 g/mol. The summed E-state index contributed by atoms with van der Waals surface area (Å²) in [4.78, 5) is 4.37. The van der Waals surface area contributed by atoms with E-state index >= 15 is 0 Å². The van der Waals surface area contributed by atoms with E-state index in [1.807, 2.05) is 0 Å². The molecule has 4 rings (SSSR count). The summed E-state index contributed by atoms with van der Waals surface area (Å²) in [6.07, 6.45) is -4.03. The first kappa shape index (κ1) is 29.3. The number of rotatable bonds is 5. The van der Waals surface area contributed by atoms with E-state index in [1.54, 1.807) is 6.07 Å². The lowest BCUT2D eigenvalue weighted by atomic mass is 9.79. The third-order valence-electron chi connectivity index (χ3n) is 6.81. The lowest BCUT2D eigenvalue weighted by molar-refractivity contribution is -0.274. The average Bonchev–Trinajstić information content (AvgIpc) is 2.88. The van der Waals surface area contributed by atoms with Gasteiger partial charge in [0.05, 0.1) is 17.7 Å². The van der Waals surface area contributed by atoms with Crippen LogP contribution < -0.4 is 26.8 Å². The second-order valence-electron chi connectivity index (χ2n) is 9.93. The van der Waals surface area contributed by atoms with Crippen LogP contribution in [0.5, 0.6) is 5.75 Å². The van der Waals surface area contributed by atoms with Gasteiger partial charge in [0.15, 0.2) is 5.96 Å². The summed E-state index contributed by atoms with van der Waals surface area (Å²) in [5.41, 5.74) is 11.6. The van der Waals surface area contributed by atoms with Crippen LogP contribution in [0.1, 0.15) is 48.8 Å². The number of nitrogens with two attached hydrogens (primary N) is 2. The van der Waals surface area contributed by atoms with Gasteiger partial charge in [-0.3, -0.25) is 0 Å². The van der Waals surface area contributed by atoms with E-state index in [-0.39, 0.29) is 41.3 Å². The molecule has 214 valence electrons. The van der Waals surface area contributed by atoms with Gasteiger partial charge in [-0.2, -0.15) is 13.2 Å². The second kappa shape index (κ2) is 11.8. The van der Waals surface area contributed by atoms with E-state index in [1.165, 1.54) is 36.5 Å². The van der Waals surface area contributed by atoms with Crippen LogP contribution >= 0.6 is 0 Å². The molecule has 1 unspecified atom stereocenters. The van der Waals surface area contributed by atoms with E-state index in [2.05, 4.69) is 32.2 Å². The molecule has 40 heavy (non-hydrogen) atoms. The van der Waals surface area contributed by atoms with Gasteiger partial charge in [0, 0.05) is 23.4 Å². The minimum Gasteiger partial charge on any atom is -0.405 e. The van der Waals surface area contributed by atoms with Crippen molar-refractivity contribution in [3.63, 3.8) is 0 Å². The molecule has 12 heteroatoms. The molecule has 0 aromatic heterocycles. The molecule has 2 aliphatic rings. The quantitative estimate of drug-likeness (QED) is 0.297. The summed E-state index contributed by atoms with van der Waals surface area (Å²) >= 11 is 0. The number of aliphatic imine (C=N–C) groups is 1. The van der Waals surface area contributed by atoms with Crippen LogP contribution in [0.4, 0.5) is 26.3 Å². The Bertz CT molecular complexity index is 1320. The fraction of sp³-hybridized carbons (Fsp3) is 0.393. The highest BCUT2D eigenvalue weighted by Crippen LogP contribution is 2.33. The lowest BCUT2D eigenvalue weighted by Gasteiger charge is -2.39. The van der Waals surface area contributed by atoms with Crippen LogP contribution in [-0.4, -0.2) is 24.0 Å². The van der Waals surface area contributed by atoms with Crippen molar-refractivity contribution in [1.29, 1.82) is 0 Å². The molecule has 1 heterocycles. The largest absolute Gasteiger partial charge is 0.573 e. The average molecular weight is 566 g/mol. The fourth-order valence-corrected chi connectivity index (χ4v) is 4.76. The van der Waals surface area contributed by atoms with Crippen LogP contribution in [0, 0.1) is 17.8 Å². The normalized spacial score (nSPS) is 24.3. The van der Waals surface area contributed by atoms with E-state index in [4.69, 9.17) is 11.5 Å². The van der Waals surface area contributed by atoms with Crippen molar-refractivity contribution in [2.24, 2.45) is 22.4 Å².